The predicted octanol–water partition coefficient (Wildman–Crippen LogP) is 6.02. The minimum atomic E-state index is -2.38. The molecule has 0 aliphatic heterocycles. The summed E-state index contributed by atoms with van der Waals surface area (Å²) in [5, 5.41) is 7.01. The maximum atomic E-state index is 13.0. The highest BCUT2D eigenvalue weighted by Gasteiger charge is 2.29. The summed E-state index contributed by atoms with van der Waals surface area (Å²) in [6, 6.07) is 9.15. The van der Waals surface area contributed by atoms with Crippen molar-refractivity contribution in [3.63, 3.8) is 0 Å². The zero-order chi connectivity index (χ0) is 25.7. The molecule has 5 rings (SSSR count). The molecule has 3 aromatic heterocycles. The van der Waals surface area contributed by atoms with Crippen LogP contribution in [0, 0.1) is 6.92 Å². The third-order valence-electron chi connectivity index (χ3n) is 5.67. The topological polar surface area (TPSA) is 94.6 Å². The fraction of sp³-hybridized carbons (Fsp3) is 0.385. The number of halogens is 2. The van der Waals surface area contributed by atoms with Gasteiger partial charge in [-0.2, -0.15) is 4.98 Å². The van der Waals surface area contributed by atoms with Crippen molar-refractivity contribution in [2.45, 2.75) is 59.0 Å². The second-order valence-electron chi connectivity index (χ2n) is 8.35. The van der Waals surface area contributed by atoms with Crippen LogP contribution in [0.1, 0.15) is 66.5 Å². The molecule has 0 bridgehead atoms. The first-order valence-electron chi connectivity index (χ1n) is 12.1. The number of nitrogens with zero attached hydrogens (tertiary/aromatic N) is 4. The molecule has 1 N–H and O–H groups in total. The van der Waals surface area contributed by atoms with E-state index in [1.165, 1.54) is 6.20 Å². The van der Waals surface area contributed by atoms with E-state index in [0.29, 0.717) is 34.7 Å². The van der Waals surface area contributed by atoms with Gasteiger partial charge >= 0.3 is 0 Å². The number of imidazole rings is 1. The lowest BCUT2D eigenvalue weighted by Crippen LogP contribution is -2.15. The van der Waals surface area contributed by atoms with Crippen LogP contribution in [0.4, 0.5) is 14.5 Å². The summed E-state index contributed by atoms with van der Waals surface area (Å²) in [5.74, 6) is 1.20. The van der Waals surface area contributed by atoms with E-state index in [4.69, 9.17) is 9.26 Å². The molecule has 1 saturated carbocycles. The van der Waals surface area contributed by atoms with Crippen LogP contribution in [0.5, 0.6) is 0 Å². The van der Waals surface area contributed by atoms with Gasteiger partial charge in [-0.15, -0.1) is 0 Å². The van der Waals surface area contributed by atoms with Gasteiger partial charge in [0.1, 0.15) is 11.3 Å². The Hall–Kier alpha value is -3.66. The van der Waals surface area contributed by atoms with Crippen LogP contribution in [0.2, 0.25) is 0 Å². The fourth-order valence-electron chi connectivity index (χ4n) is 3.57. The Morgan fingerprint density at radius 3 is 2.81 bits per heavy atom. The first kappa shape index (κ1) is 25.4. The van der Waals surface area contributed by atoms with Gasteiger partial charge in [-0.25, -0.2) is 13.8 Å². The summed E-state index contributed by atoms with van der Waals surface area (Å²) < 4.78 is 36.7. The van der Waals surface area contributed by atoms with Crippen LogP contribution in [0.15, 0.2) is 47.2 Å². The van der Waals surface area contributed by atoms with E-state index in [-0.39, 0.29) is 25.5 Å². The highest BCUT2D eigenvalue weighted by molar-refractivity contribution is 6.04. The molecule has 1 aromatic carbocycles. The number of carbonyl (C=O) groups excluding carboxylic acids is 1. The number of alkyl halides is 2. The van der Waals surface area contributed by atoms with Crippen LogP contribution in [0.3, 0.4) is 0 Å². The molecular formula is C26H29F2N5O3. The minimum Gasteiger partial charge on any atom is -0.377 e. The molecule has 0 spiro atoms. The molecule has 36 heavy (non-hydrogen) atoms. The predicted molar refractivity (Wildman–Crippen MR) is 131 cm³/mol. The molecule has 10 heteroatoms. The van der Waals surface area contributed by atoms with Crippen molar-refractivity contribution < 1.29 is 22.8 Å². The van der Waals surface area contributed by atoms with Crippen LogP contribution in [-0.2, 0) is 11.3 Å². The number of pyridine rings is 1. The Balaban J connectivity index is 0.00000148. The second-order valence-corrected chi connectivity index (χ2v) is 8.35. The van der Waals surface area contributed by atoms with Crippen molar-refractivity contribution in [1.29, 1.82) is 0 Å². The summed E-state index contributed by atoms with van der Waals surface area (Å²) in [7, 11) is 0. The third kappa shape index (κ3) is 5.93. The average molecular weight is 498 g/mol. The second kappa shape index (κ2) is 11.4. The molecule has 0 radical (unpaired) electrons. The van der Waals surface area contributed by atoms with Gasteiger partial charge in [-0.05, 0) is 49.1 Å². The number of hydrogen-bond acceptors (Lipinski definition) is 6. The lowest BCUT2D eigenvalue weighted by Gasteiger charge is -2.10. The Morgan fingerprint density at radius 1 is 1.25 bits per heavy atom. The van der Waals surface area contributed by atoms with E-state index in [2.05, 4.69) is 20.4 Å². The van der Waals surface area contributed by atoms with Crippen LogP contribution >= 0.6 is 0 Å². The van der Waals surface area contributed by atoms with E-state index in [0.717, 1.165) is 29.5 Å². The van der Waals surface area contributed by atoms with Crippen molar-refractivity contribution in [2.75, 3.05) is 11.9 Å². The van der Waals surface area contributed by atoms with Gasteiger partial charge in [0.2, 0.25) is 18.1 Å². The summed E-state index contributed by atoms with van der Waals surface area (Å²) >= 11 is 0. The smallest absolute Gasteiger partial charge is 0.274 e. The monoisotopic (exact) mass is 497 g/mol. The normalized spacial score (nSPS) is 13.1. The summed E-state index contributed by atoms with van der Waals surface area (Å²) in [6.07, 6.45) is 2.67. The van der Waals surface area contributed by atoms with Gasteiger partial charge in [-0.1, -0.05) is 31.1 Å². The van der Waals surface area contributed by atoms with Crippen molar-refractivity contribution in [3.05, 3.63) is 65.4 Å². The van der Waals surface area contributed by atoms with E-state index >= 15 is 0 Å². The third-order valence-corrected chi connectivity index (χ3v) is 5.67. The van der Waals surface area contributed by atoms with Crippen LogP contribution in [-0.4, -0.2) is 38.5 Å². The van der Waals surface area contributed by atoms with Crippen molar-refractivity contribution in [1.82, 2.24) is 19.5 Å². The number of rotatable bonds is 9. The first-order chi connectivity index (χ1) is 17.5. The number of amides is 1. The SMILES string of the molecule is CC.Cc1ccc(-c2noc(C3CC3)n2)cc1NC(=O)c1cnc2cc(COCCC(F)F)ccn12. The fourth-order valence-corrected chi connectivity index (χ4v) is 3.57. The molecule has 8 nitrogen and oxygen atoms in total. The molecule has 1 amide bonds. The summed E-state index contributed by atoms with van der Waals surface area (Å²) in [5.41, 5.74) is 3.99. The van der Waals surface area contributed by atoms with E-state index in [9.17, 15) is 13.6 Å². The van der Waals surface area contributed by atoms with Gasteiger partial charge in [0.05, 0.1) is 19.4 Å². The highest BCUT2D eigenvalue weighted by atomic mass is 19.3. The number of benzene rings is 1. The summed E-state index contributed by atoms with van der Waals surface area (Å²) in [4.78, 5) is 21.8. The number of fused-ring (bicyclic) bond motifs is 1. The maximum Gasteiger partial charge on any atom is 0.274 e. The molecule has 190 valence electrons. The molecule has 3 heterocycles. The number of hydrogen-bond donors (Lipinski definition) is 1. The minimum absolute atomic E-state index is 0.0187. The van der Waals surface area contributed by atoms with Gasteiger partial charge in [-0.3, -0.25) is 9.20 Å². The van der Waals surface area contributed by atoms with Crippen molar-refractivity contribution >= 4 is 17.2 Å². The molecule has 4 aromatic rings. The number of ether oxygens (including phenoxy) is 1. The number of anilines is 1. The Bertz CT molecular complexity index is 1330. The van der Waals surface area contributed by atoms with Crippen LogP contribution < -0.4 is 5.32 Å². The number of nitrogens with one attached hydrogen (secondary N) is 1. The van der Waals surface area contributed by atoms with Gasteiger partial charge < -0.3 is 14.6 Å². The largest absolute Gasteiger partial charge is 0.377 e. The zero-order valence-electron chi connectivity index (χ0n) is 20.5. The number of aryl methyl sites for hydroxylation is 1. The summed E-state index contributed by atoms with van der Waals surface area (Å²) in [6.45, 7) is 6.08. The molecule has 1 fully saturated rings. The molecule has 0 atom stereocenters. The lowest BCUT2D eigenvalue weighted by atomic mass is 10.1. The highest BCUT2D eigenvalue weighted by Crippen LogP contribution is 2.39. The van der Waals surface area contributed by atoms with Crippen molar-refractivity contribution in [2.24, 2.45) is 0 Å². The molecule has 1 aliphatic rings. The van der Waals surface area contributed by atoms with E-state index in [1.807, 2.05) is 39.0 Å². The lowest BCUT2D eigenvalue weighted by molar-refractivity contribution is 0.0595. The maximum absolute atomic E-state index is 13.0. The van der Waals surface area contributed by atoms with Crippen LogP contribution in [0.25, 0.3) is 17.0 Å². The number of carbonyl (C=O) groups is 1. The van der Waals surface area contributed by atoms with Gasteiger partial charge in [0, 0.05) is 29.8 Å². The molecule has 0 saturated heterocycles. The Labute approximate surface area is 207 Å². The quantitative estimate of drug-likeness (QED) is 0.284. The Morgan fingerprint density at radius 2 is 2.06 bits per heavy atom. The van der Waals surface area contributed by atoms with Crippen molar-refractivity contribution in [3.8, 4) is 11.4 Å². The first-order valence-corrected chi connectivity index (χ1v) is 12.1. The van der Waals surface area contributed by atoms with Gasteiger partial charge in [0.25, 0.3) is 5.91 Å². The molecule has 0 unspecified atom stereocenters. The zero-order valence-corrected chi connectivity index (χ0v) is 20.5. The Kier molecular flexibility index (Phi) is 8.04. The average Bonchev–Trinajstić information content (AvgIpc) is 3.45. The molecular weight excluding hydrogens is 468 g/mol. The van der Waals surface area contributed by atoms with E-state index in [1.54, 1.807) is 22.7 Å². The molecule has 1 aliphatic carbocycles. The standard InChI is InChI=1S/C24H23F2N5O3.C2H6/c1-14-2-3-17(22-29-24(34-30-22)16-4-5-16)11-18(14)28-23(32)19-12-27-21-10-15(6-8-31(19)21)13-33-9-7-20(25)26;1-2/h2-3,6,8,10-12,16,20H,4-5,7,9,13H2,1H3,(H,28,32);1-2H3. The van der Waals surface area contributed by atoms with E-state index < -0.39 is 6.43 Å². The number of aromatic nitrogens is 4. The van der Waals surface area contributed by atoms with Gasteiger partial charge in [0.15, 0.2) is 0 Å².